The fraction of sp³-hybridized carbons (Fsp3) is 0.600. The number of amides is 1. The SMILES string of the molecule is COC(=O)[C@H]1C(=O)N(C([Si](C)(C)C)[Si](C)(C)C)C[C@@H]1Cc1ccccc1. The molecule has 1 aromatic rings. The Kier molecular flexibility index (Phi) is 6.18. The Bertz CT molecular complexity index is 635. The van der Waals surface area contributed by atoms with Crippen LogP contribution >= 0.6 is 0 Å². The molecule has 4 nitrogen and oxygen atoms in total. The van der Waals surface area contributed by atoms with Crippen LogP contribution < -0.4 is 0 Å². The lowest BCUT2D eigenvalue weighted by Gasteiger charge is -2.44. The second-order valence-corrected chi connectivity index (χ2v) is 20.7. The van der Waals surface area contributed by atoms with Crippen LogP contribution in [0.1, 0.15) is 5.56 Å². The van der Waals surface area contributed by atoms with E-state index in [1.54, 1.807) is 0 Å². The van der Waals surface area contributed by atoms with Crippen molar-refractivity contribution in [2.24, 2.45) is 11.8 Å². The fourth-order valence-corrected chi connectivity index (χ4v) is 17.5. The van der Waals surface area contributed by atoms with Gasteiger partial charge in [-0.25, -0.2) is 0 Å². The van der Waals surface area contributed by atoms with Crippen LogP contribution in [0.3, 0.4) is 0 Å². The van der Waals surface area contributed by atoms with Crippen molar-refractivity contribution in [1.29, 1.82) is 0 Å². The topological polar surface area (TPSA) is 46.6 Å². The van der Waals surface area contributed by atoms with Gasteiger partial charge < -0.3 is 9.64 Å². The zero-order valence-corrected chi connectivity index (χ0v) is 19.2. The summed E-state index contributed by atoms with van der Waals surface area (Å²) in [5.74, 6) is -1.10. The summed E-state index contributed by atoms with van der Waals surface area (Å²) in [6.07, 6.45) is 0.729. The van der Waals surface area contributed by atoms with Crippen LogP contribution in [0.5, 0.6) is 0 Å². The Morgan fingerprint density at radius 1 is 1.12 bits per heavy atom. The molecule has 0 saturated carbocycles. The molecule has 0 aliphatic carbocycles. The maximum Gasteiger partial charge on any atom is 0.318 e. The van der Waals surface area contributed by atoms with Gasteiger partial charge in [0.15, 0.2) is 0 Å². The van der Waals surface area contributed by atoms with Crippen molar-refractivity contribution in [3.8, 4) is 0 Å². The van der Waals surface area contributed by atoms with E-state index in [2.05, 4.69) is 56.3 Å². The first-order chi connectivity index (χ1) is 12.0. The number of carbonyl (C=O) groups excluding carboxylic acids is 2. The van der Waals surface area contributed by atoms with Crippen LogP contribution in [-0.4, -0.2) is 51.9 Å². The molecular weight excluding hydrogens is 358 g/mol. The lowest BCUT2D eigenvalue weighted by Crippen LogP contribution is -2.64. The van der Waals surface area contributed by atoms with Gasteiger partial charge in [-0.1, -0.05) is 69.6 Å². The minimum atomic E-state index is -1.61. The van der Waals surface area contributed by atoms with Gasteiger partial charge in [-0.15, -0.1) is 0 Å². The van der Waals surface area contributed by atoms with Gasteiger partial charge in [0.05, 0.1) is 23.3 Å². The van der Waals surface area contributed by atoms with Crippen LogP contribution in [0, 0.1) is 11.8 Å². The van der Waals surface area contributed by atoms with Gasteiger partial charge in [0.2, 0.25) is 5.91 Å². The molecule has 1 heterocycles. The summed E-state index contributed by atoms with van der Waals surface area (Å²) >= 11 is 0. The predicted octanol–water partition coefficient (Wildman–Crippen LogP) is 3.60. The van der Waals surface area contributed by atoms with Crippen molar-refractivity contribution in [1.82, 2.24) is 4.90 Å². The van der Waals surface area contributed by atoms with Gasteiger partial charge in [0.25, 0.3) is 0 Å². The number of likely N-dealkylation sites (tertiary alicyclic amines) is 1. The third-order valence-electron chi connectivity index (χ3n) is 5.20. The van der Waals surface area contributed by atoms with Crippen molar-refractivity contribution < 1.29 is 14.3 Å². The normalized spacial score (nSPS) is 21.4. The molecule has 144 valence electrons. The van der Waals surface area contributed by atoms with Gasteiger partial charge >= 0.3 is 5.97 Å². The Hall–Kier alpha value is -1.41. The Morgan fingerprint density at radius 3 is 2.12 bits per heavy atom. The van der Waals surface area contributed by atoms with E-state index in [1.807, 2.05) is 18.2 Å². The van der Waals surface area contributed by atoms with Crippen molar-refractivity contribution in [3.05, 3.63) is 35.9 Å². The number of benzene rings is 1. The molecule has 0 bridgehead atoms. The molecule has 1 aromatic carbocycles. The smallest absolute Gasteiger partial charge is 0.318 e. The fourth-order valence-electron chi connectivity index (χ4n) is 4.81. The lowest BCUT2D eigenvalue weighted by atomic mass is 9.89. The van der Waals surface area contributed by atoms with Crippen molar-refractivity contribution >= 4 is 28.0 Å². The molecule has 0 aromatic heterocycles. The van der Waals surface area contributed by atoms with Gasteiger partial charge in [-0.2, -0.15) is 0 Å². The maximum absolute atomic E-state index is 13.3. The monoisotopic (exact) mass is 391 g/mol. The van der Waals surface area contributed by atoms with Crippen molar-refractivity contribution in [2.45, 2.75) is 51.0 Å². The molecule has 0 radical (unpaired) electrons. The maximum atomic E-state index is 13.3. The van der Waals surface area contributed by atoms with Crippen LogP contribution in [0.2, 0.25) is 39.3 Å². The summed E-state index contributed by atoms with van der Waals surface area (Å²) in [6.45, 7) is 14.7. The number of nitrogens with zero attached hydrogens (tertiary/aromatic N) is 1. The Morgan fingerprint density at radius 2 is 1.65 bits per heavy atom. The van der Waals surface area contributed by atoms with E-state index in [9.17, 15) is 9.59 Å². The van der Waals surface area contributed by atoms with Gasteiger partial charge in [0, 0.05) is 17.8 Å². The quantitative estimate of drug-likeness (QED) is 0.423. The predicted molar refractivity (Wildman–Crippen MR) is 111 cm³/mol. The highest BCUT2D eigenvalue weighted by Crippen LogP contribution is 2.35. The molecule has 26 heavy (non-hydrogen) atoms. The standard InChI is InChI=1S/C20H33NO3Si2/c1-24-19(23)17-16(13-15-11-9-8-10-12-15)14-21(18(17)22)20(25(2,3)4)26(5,6)7/h8-12,16-17,20H,13-14H2,1-7H3/t16-,17+/m0/s1. The van der Waals surface area contributed by atoms with E-state index in [-0.39, 0.29) is 17.8 Å². The summed E-state index contributed by atoms with van der Waals surface area (Å²) in [4.78, 5) is 27.8. The second-order valence-electron chi connectivity index (χ2n) is 9.58. The van der Waals surface area contributed by atoms with Crippen molar-refractivity contribution in [2.75, 3.05) is 13.7 Å². The molecule has 1 fully saturated rings. The van der Waals surface area contributed by atoms with Gasteiger partial charge in [0.1, 0.15) is 5.92 Å². The minimum Gasteiger partial charge on any atom is -0.468 e. The minimum absolute atomic E-state index is 0.0207. The highest BCUT2D eigenvalue weighted by Gasteiger charge is 2.52. The molecule has 0 spiro atoms. The highest BCUT2D eigenvalue weighted by molar-refractivity contribution is 6.96. The lowest BCUT2D eigenvalue weighted by molar-refractivity contribution is -0.151. The summed E-state index contributed by atoms with van der Waals surface area (Å²) in [5.41, 5.74) is 1.17. The van der Waals surface area contributed by atoms with Crippen molar-refractivity contribution in [3.63, 3.8) is 0 Å². The zero-order chi connectivity index (χ0) is 19.7. The van der Waals surface area contributed by atoms with Gasteiger partial charge in [-0.05, 0) is 12.0 Å². The average molecular weight is 392 g/mol. The third-order valence-corrected chi connectivity index (χ3v) is 14.3. The zero-order valence-electron chi connectivity index (χ0n) is 17.2. The first kappa shape index (κ1) is 20.9. The van der Waals surface area contributed by atoms with E-state index in [0.717, 1.165) is 6.42 Å². The van der Waals surface area contributed by atoms with E-state index in [4.69, 9.17) is 4.74 Å². The third kappa shape index (κ3) is 4.46. The van der Waals surface area contributed by atoms with Gasteiger partial charge in [-0.3, -0.25) is 9.59 Å². The first-order valence-corrected chi connectivity index (χ1v) is 16.5. The number of hydrogen-bond acceptors (Lipinski definition) is 3. The van der Waals surface area contributed by atoms with Crippen LogP contribution in [-0.2, 0) is 20.7 Å². The number of methoxy groups -OCH3 is 1. The Labute approximate surface area is 159 Å². The number of rotatable bonds is 6. The van der Waals surface area contributed by atoms with E-state index in [0.29, 0.717) is 11.8 Å². The summed E-state index contributed by atoms with van der Waals surface area (Å²) in [5, 5.41) is 0.315. The molecule has 1 aliphatic heterocycles. The van der Waals surface area contributed by atoms with Crippen LogP contribution in [0.25, 0.3) is 0 Å². The molecule has 1 amide bonds. The molecule has 2 rings (SSSR count). The molecule has 6 heteroatoms. The second kappa shape index (κ2) is 7.68. The summed E-state index contributed by atoms with van der Waals surface area (Å²) in [7, 11) is -1.84. The number of esters is 1. The highest BCUT2D eigenvalue weighted by atomic mass is 28.4. The number of carbonyl (C=O) groups is 2. The molecule has 0 N–H and O–H groups in total. The molecule has 0 unspecified atom stereocenters. The molecule has 1 saturated heterocycles. The summed E-state index contributed by atoms with van der Waals surface area (Å²) in [6, 6.07) is 10.1. The summed E-state index contributed by atoms with van der Waals surface area (Å²) < 4.78 is 5.01. The van der Waals surface area contributed by atoms with E-state index < -0.39 is 22.1 Å². The van der Waals surface area contributed by atoms with E-state index in [1.165, 1.54) is 12.7 Å². The number of hydrogen-bond donors (Lipinski definition) is 0. The Balaban J connectivity index is 2.38. The molecular formula is C20H33NO3Si2. The largest absolute Gasteiger partial charge is 0.468 e. The van der Waals surface area contributed by atoms with Crippen LogP contribution in [0.4, 0.5) is 0 Å². The molecule has 2 atom stereocenters. The first-order valence-electron chi connectivity index (χ1n) is 9.39. The number of ether oxygens (including phenoxy) is 1. The molecule has 1 aliphatic rings. The van der Waals surface area contributed by atoms with E-state index >= 15 is 0 Å². The van der Waals surface area contributed by atoms with Crippen LogP contribution in [0.15, 0.2) is 30.3 Å². The average Bonchev–Trinajstić information content (AvgIpc) is 2.81.